The molecule has 0 spiro atoms. The fourth-order valence-electron chi connectivity index (χ4n) is 0.974. The number of hydrogen-bond acceptors (Lipinski definition) is 4. The Bertz CT molecular complexity index is 439. The van der Waals surface area contributed by atoms with E-state index in [9.17, 15) is 4.79 Å². The summed E-state index contributed by atoms with van der Waals surface area (Å²) in [6, 6.07) is 3.93. The SMILES string of the molecule is NC(=O)N(/C=N\O)OCc1ccc(Cl)c(Cl)c1. The van der Waals surface area contributed by atoms with Crippen LogP contribution in [0.25, 0.3) is 0 Å². The molecule has 2 amide bonds. The Morgan fingerprint density at radius 2 is 2.24 bits per heavy atom. The lowest BCUT2D eigenvalue weighted by Gasteiger charge is -2.13. The van der Waals surface area contributed by atoms with E-state index in [1.165, 1.54) is 0 Å². The maximum absolute atomic E-state index is 10.8. The maximum Gasteiger partial charge on any atom is 0.344 e. The molecule has 1 rings (SSSR count). The highest BCUT2D eigenvalue weighted by Gasteiger charge is 2.08. The monoisotopic (exact) mass is 277 g/mol. The van der Waals surface area contributed by atoms with Crippen LogP contribution in [0.4, 0.5) is 4.79 Å². The van der Waals surface area contributed by atoms with Crippen molar-refractivity contribution in [2.45, 2.75) is 6.61 Å². The molecule has 0 heterocycles. The molecule has 0 saturated carbocycles. The summed E-state index contributed by atoms with van der Waals surface area (Å²) in [6.45, 7) is 0.0197. The van der Waals surface area contributed by atoms with Gasteiger partial charge in [0.1, 0.15) is 6.61 Å². The molecule has 0 bridgehead atoms. The van der Waals surface area contributed by atoms with Crippen LogP contribution >= 0.6 is 23.2 Å². The lowest BCUT2D eigenvalue weighted by molar-refractivity contribution is -0.0679. The van der Waals surface area contributed by atoms with Crippen molar-refractivity contribution in [3.63, 3.8) is 0 Å². The fraction of sp³-hybridized carbons (Fsp3) is 0.111. The van der Waals surface area contributed by atoms with Gasteiger partial charge in [-0.3, -0.25) is 4.84 Å². The number of carbonyl (C=O) groups excluding carboxylic acids is 1. The third kappa shape index (κ3) is 4.10. The number of oxime groups is 1. The van der Waals surface area contributed by atoms with E-state index >= 15 is 0 Å². The van der Waals surface area contributed by atoms with Gasteiger partial charge in [-0.1, -0.05) is 34.4 Å². The molecule has 1 aromatic carbocycles. The van der Waals surface area contributed by atoms with Crippen LogP contribution in [0.5, 0.6) is 0 Å². The van der Waals surface area contributed by atoms with Crippen molar-refractivity contribution in [2.24, 2.45) is 10.9 Å². The second-order valence-electron chi connectivity index (χ2n) is 2.92. The summed E-state index contributed by atoms with van der Waals surface area (Å²) >= 11 is 11.5. The van der Waals surface area contributed by atoms with Gasteiger partial charge in [0.2, 0.25) is 0 Å². The maximum atomic E-state index is 10.8. The summed E-state index contributed by atoms with van der Waals surface area (Å²) in [5.41, 5.74) is 5.63. The van der Waals surface area contributed by atoms with Crippen molar-refractivity contribution in [1.29, 1.82) is 0 Å². The predicted molar refractivity (Wildman–Crippen MR) is 63.0 cm³/mol. The molecule has 6 nitrogen and oxygen atoms in total. The second kappa shape index (κ2) is 6.29. The Morgan fingerprint density at radius 3 is 2.76 bits per heavy atom. The van der Waals surface area contributed by atoms with Crippen LogP contribution < -0.4 is 5.73 Å². The van der Waals surface area contributed by atoms with Crippen molar-refractivity contribution >= 4 is 35.6 Å². The molecule has 0 saturated heterocycles. The van der Waals surface area contributed by atoms with Crippen LogP contribution in [0.15, 0.2) is 23.4 Å². The van der Waals surface area contributed by atoms with Crippen molar-refractivity contribution in [1.82, 2.24) is 5.06 Å². The second-order valence-corrected chi connectivity index (χ2v) is 3.73. The van der Waals surface area contributed by atoms with Gasteiger partial charge in [0.05, 0.1) is 10.0 Å². The van der Waals surface area contributed by atoms with Gasteiger partial charge in [0.15, 0.2) is 6.34 Å². The summed E-state index contributed by atoms with van der Waals surface area (Å²) < 4.78 is 0. The molecule has 0 atom stereocenters. The highest BCUT2D eigenvalue weighted by Crippen LogP contribution is 2.22. The summed E-state index contributed by atoms with van der Waals surface area (Å²) in [5, 5.41) is 12.3. The van der Waals surface area contributed by atoms with E-state index in [-0.39, 0.29) is 6.61 Å². The number of hydrogen-bond donors (Lipinski definition) is 2. The molecular weight excluding hydrogens is 269 g/mol. The first kappa shape index (κ1) is 13.6. The highest BCUT2D eigenvalue weighted by atomic mass is 35.5. The zero-order chi connectivity index (χ0) is 12.8. The van der Waals surface area contributed by atoms with Crippen LogP contribution in [0.3, 0.4) is 0 Å². The van der Waals surface area contributed by atoms with E-state index in [0.29, 0.717) is 20.7 Å². The van der Waals surface area contributed by atoms with Crippen molar-refractivity contribution in [3.8, 4) is 0 Å². The number of halogens is 2. The number of carbonyl (C=O) groups is 1. The van der Waals surface area contributed by atoms with Crippen LogP contribution in [-0.4, -0.2) is 22.6 Å². The van der Waals surface area contributed by atoms with E-state index < -0.39 is 6.03 Å². The third-order valence-electron chi connectivity index (χ3n) is 1.73. The number of benzene rings is 1. The molecule has 0 fully saturated rings. The summed E-state index contributed by atoms with van der Waals surface area (Å²) in [5.74, 6) is 0. The molecule has 0 aliphatic carbocycles. The number of rotatable bonds is 4. The molecule has 0 aliphatic rings. The van der Waals surface area contributed by atoms with Gasteiger partial charge in [-0.25, -0.2) is 4.79 Å². The largest absolute Gasteiger partial charge is 0.410 e. The highest BCUT2D eigenvalue weighted by molar-refractivity contribution is 6.42. The molecule has 0 radical (unpaired) electrons. The third-order valence-corrected chi connectivity index (χ3v) is 2.47. The molecule has 3 N–H and O–H groups in total. The van der Waals surface area contributed by atoms with Gasteiger partial charge < -0.3 is 10.9 Å². The first-order valence-electron chi connectivity index (χ1n) is 4.37. The lowest BCUT2D eigenvalue weighted by atomic mass is 10.2. The summed E-state index contributed by atoms with van der Waals surface area (Å²) in [7, 11) is 0. The molecule has 8 heteroatoms. The number of urea groups is 1. The Labute approximate surface area is 107 Å². The lowest BCUT2D eigenvalue weighted by Crippen LogP contribution is -2.34. The number of nitrogens with two attached hydrogens (primary N) is 1. The van der Waals surface area contributed by atoms with Crippen LogP contribution in [0.1, 0.15) is 5.56 Å². The van der Waals surface area contributed by atoms with Crippen molar-refractivity contribution in [3.05, 3.63) is 33.8 Å². The van der Waals surface area contributed by atoms with Crippen LogP contribution in [-0.2, 0) is 11.4 Å². The predicted octanol–water partition coefficient (Wildman–Crippen LogP) is 2.22. The number of amides is 2. The molecule has 92 valence electrons. The minimum atomic E-state index is -0.914. The van der Waals surface area contributed by atoms with Crippen LogP contribution in [0.2, 0.25) is 10.0 Å². The summed E-state index contributed by atoms with van der Waals surface area (Å²) in [4.78, 5) is 15.8. The van der Waals surface area contributed by atoms with E-state index in [2.05, 4.69) is 5.16 Å². The number of hydroxylamine groups is 2. The Hall–Kier alpha value is -1.50. The van der Waals surface area contributed by atoms with Crippen molar-refractivity contribution < 1.29 is 14.8 Å². The van der Waals surface area contributed by atoms with Gasteiger partial charge >= 0.3 is 6.03 Å². The molecule has 17 heavy (non-hydrogen) atoms. The molecule has 1 aromatic rings. The van der Waals surface area contributed by atoms with Gasteiger partial charge in [-0.15, -0.1) is 0 Å². The zero-order valence-corrected chi connectivity index (χ0v) is 10.0. The van der Waals surface area contributed by atoms with Gasteiger partial charge in [-0.2, -0.15) is 5.06 Å². The first-order valence-corrected chi connectivity index (χ1v) is 5.13. The minimum Gasteiger partial charge on any atom is -0.410 e. The van der Waals surface area contributed by atoms with E-state index in [0.717, 1.165) is 6.34 Å². The van der Waals surface area contributed by atoms with E-state index in [1.54, 1.807) is 18.2 Å². The average Bonchev–Trinajstić information content (AvgIpc) is 2.28. The zero-order valence-electron chi connectivity index (χ0n) is 8.51. The van der Waals surface area contributed by atoms with E-state index in [1.807, 2.05) is 0 Å². The Balaban J connectivity index is 2.65. The summed E-state index contributed by atoms with van der Waals surface area (Å²) in [6.07, 6.45) is 0.736. The van der Waals surface area contributed by atoms with Crippen LogP contribution in [0, 0.1) is 0 Å². The molecule has 0 aliphatic heterocycles. The molecule has 0 aromatic heterocycles. The minimum absolute atomic E-state index is 0.0197. The van der Waals surface area contributed by atoms with Gasteiger partial charge in [0.25, 0.3) is 0 Å². The van der Waals surface area contributed by atoms with Gasteiger partial charge in [0, 0.05) is 0 Å². The average molecular weight is 278 g/mol. The van der Waals surface area contributed by atoms with Crippen molar-refractivity contribution in [2.75, 3.05) is 0 Å². The number of nitrogens with zero attached hydrogens (tertiary/aromatic N) is 2. The quantitative estimate of drug-likeness (QED) is 0.383. The first-order chi connectivity index (χ1) is 8.04. The number of primary amides is 1. The van der Waals surface area contributed by atoms with Gasteiger partial charge in [-0.05, 0) is 17.7 Å². The normalized spacial score (nSPS) is 10.7. The smallest absolute Gasteiger partial charge is 0.344 e. The Kier molecular flexibility index (Phi) is 5.02. The Morgan fingerprint density at radius 1 is 1.53 bits per heavy atom. The van der Waals surface area contributed by atoms with E-state index in [4.69, 9.17) is 39.0 Å². The standard InChI is InChI=1S/C9H9Cl2N3O3/c10-7-2-1-6(3-8(7)11)4-17-14(5-13-16)9(12)15/h1-3,5,16H,4H2,(H2,12,15)/b13-5-. The fourth-order valence-corrected chi connectivity index (χ4v) is 1.29. The molecule has 0 unspecified atom stereocenters. The molecular formula is C9H9Cl2N3O3. The topological polar surface area (TPSA) is 88.2 Å².